The van der Waals surface area contributed by atoms with E-state index in [1.807, 2.05) is 12.1 Å². The fourth-order valence-electron chi connectivity index (χ4n) is 7.46. The zero-order valence-electron chi connectivity index (χ0n) is 37.0. The van der Waals surface area contributed by atoms with Crippen molar-refractivity contribution in [2.75, 3.05) is 34.8 Å². The first-order valence-corrected chi connectivity index (χ1v) is 26.2. The molecule has 71 heavy (non-hydrogen) atoms. The maximum atomic E-state index is 13.5. The van der Waals surface area contributed by atoms with Gasteiger partial charge in [-0.05, 0) is 85.6 Å². The third-order valence-corrected chi connectivity index (χ3v) is 14.6. The van der Waals surface area contributed by atoms with Crippen LogP contribution in [-0.4, -0.2) is 70.9 Å². The number of amides is 4. The van der Waals surface area contributed by atoms with Crippen molar-refractivity contribution in [2.45, 2.75) is 55.5 Å². The molecule has 6 rings (SSSR count). The van der Waals surface area contributed by atoms with Crippen LogP contribution in [-0.2, 0) is 54.0 Å². The van der Waals surface area contributed by atoms with E-state index < -0.39 is 89.3 Å². The third-order valence-electron chi connectivity index (χ3n) is 10.5. The quantitative estimate of drug-likeness (QED) is 0.121. The number of hydrogen-bond donors (Lipinski definition) is 0. The summed E-state index contributed by atoms with van der Waals surface area (Å²) in [6, 6.07) is 13.5. The molecule has 0 fully saturated rings. The number of alkyl halides is 6. The van der Waals surface area contributed by atoms with Crippen LogP contribution in [0.2, 0.25) is 0 Å². The molecule has 0 spiro atoms. The number of nitrogens with zero attached hydrogens (tertiary/aromatic N) is 8. The van der Waals surface area contributed by atoms with E-state index in [-0.39, 0.29) is 73.6 Å². The largest absolute Gasteiger partial charge is 0.416 e. The summed E-state index contributed by atoms with van der Waals surface area (Å²) in [6.07, 6.45) is -5.43. The Morgan fingerprint density at radius 1 is 0.606 bits per heavy atom. The Morgan fingerprint density at radius 3 is 1.18 bits per heavy atom. The smallest absolute Gasteiger partial charge is 0.277 e. The highest BCUT2D eigenvalue weighted by molar-refractivity contribution is 7.89. The van der Waals surface area contributed by atoms with Crippen LogP contribution in [0.15, 0.2) is 118 Å². The van der Waals surface area contributed by atoms with Gasteiger partial charge in [-0.25, -0.2) is 44.7 Å². The summed E-state index contributed by atoms with van der Waals surface area (Å²) in [5, 5.41) is 18.4. The van der Waals surface area contributed by atoms with Crippen molar-refractivity contribution in [3.63, 3.8) is 0 Å². The zero-order chi connectivity index (χ0) is 52.6. The highest BCUT2D eigenvalue weighted by Gasteiger charge is 2.48. The number of sulfonamides is 2. The molecule has 4 aromatic rings. The molecular weight excluding hydrogens is 1020 g/mol. The summed E-state index contributed by atoms with van der Waals surface area (Å²) in [5.74, 6) is 0. The molecule has 2 aliphatic heterocycles. The van der Waals surface area contributed by atoms with Gasteiger partial charge in [0.05, 0.1) is 81.6 Å². The minimum atomic E-state index is -4.73. The lowest BCUT2D eigenvalue weighted by atomic mass is 9.98. The van der Waals surface area contributed by atoms with Crippen molar-refractivity contribution < 1.29 is 61.2 Å². The van der Waals surface area contributed by atoms with Crippen LogP contribution in [0.5, 0.6) is 0 Å². The number of urea groups is 2. The number of rotatable bonds is 8. The van der Waals surface area contributed by atoms with Gasteiger partial charge in [0.15, 0.2) is 0 Å². The Labute approximate surface area is 410 Å². The highest BCUT2D eigenvalue weighted by Crippen LogP contribution is 2.46. The topological polar surface area (TPSA) is 206 Å². The van der Waals surface area contributed by atoms with Crippen LogP contribution in [0, 0.1) is 35.8 Å². The van der Waals surface area contributed by atoms with Gasteiger partial charge in [0.25, 0.3) is 0 Å². The Hall–Kier alpha value is -7.36. The molecule has 2 aliphatic rings. The normalized spacial score (nSPS) is 17.5. The monoisotopic (exact) mass is 1060 g/mol. The van der Waals surface area contributed by atoms with E-state index in [2.05, 4.69) is 9.69 Å². The molecule has 4 aromatic carbocycles. The van der Waals surface area contributed by atoms with Gasteiger partial charge in [0.2, 0.25) is 31.4 Å². The van der Waals surface area contributed by atoms with E-state index in [0.717, 1.165) is 46.6 Å². The van der Waals surface area contributed by atoms with Gasteiger partial charge in [-0.2, -0.15) is 36.9 Å². The van der Waals surface area contributed by atoms with Gasteiger partial charge in [-0.15, -0.1) is 0 Å². The third kappa shape index (κ3) is 11.3. The fourth-order valence-corrected chi connectivity index (χ4v) is 11.0. The molecule has 0 bridgehead atoms. The second-order valence-corrected chi connectivity index (χ2v) is 21.5. The molecule has 0 saturated carbocycles. The SMILES string of the molecule is C.[C-]#[N+]C1=C(C)N(c2cccc(C(F)(F)F)c2)C(=O)N(S(C)(=O)=O)[C@@H]1c1ccc(C#N)cc1[S@@](C)=O.[C-]#[N+]C1=C(C)N(c2cccc(C(F)(F)F)c2)C(=O)N(S(C)(=O)=O)[C@@H]1c1ccc(C#N)cc1[S@](C)=O. The molecule has 372 valence electrons. The molecule has 26 heteroatoms. The molecule has 0 unspecified atom stereocenters. The minimum Gasteiger partial charge on any atom is -0.277 e. The summed E-state index contributed by atoms with van der Waals surface area (Å²) in [5.41, 5.74) is -3.09. The van der Waals surface area contributed by atoms with E-state index in [1.165, 1.54) is 74.9 Å². The minimum absolute atomic E-state index is 0. The van der Waals surface area contributed by atoms with Gasteiger partial charge in [-0.3, -0.25) is 18.2 Å². The molecule has 0 aromatic heterocycles. The van der Waals surface area contributed by atoms with Crippen LogP contribution in [0.25, 0.3) is 9.69 Å². The number of allylic oxidation sites excluding steroid dienone is 2. The molecule has 16 nitrogen and oxygen atoms in total. The first kappa shape index (κ1) is 56.2. The van der Waals surface area contributed by atoms with E-state index >= 15 is 0 Å². The molecule has 4 atom stereocenters. The maximum Gasteiger partial charge on any atom is 0.416 e. The van der Waals surface area contributed by atoms with Crippen LogP contribution < -0.4 is 9.80 Å². The molecule has 0 radical (unpaired) electrons. The number of hydrogen-bond acceptors (Lipinski definition) is 10. The van der Waals surface area contributed by atoms with E-state index in [0.29, 0.717) is 20.7 Å². The van der Waals surface area contributed by atoms with Gasteiger partial charge in [0, 0.05) is 45.1 Å². The standard InChI is InChI=1S/2C22H17F3N4O4S2.CH4/c2*1-13-19(27-2)20(17-9-8-14(12-26)10-18(17)34(3)31)29(35(4,32)33)21(30)28(13)16-7-5-6-15(11-16)22(23,24)25;/h2*5-11,20H,1,3-4H3;1H4/t20-,34+;20-,34-;/m11./s1. The van der Waals surface area contributed by atoms with Crippen molar-refractivity contribution in [3.8, 4) is 12.1 Å². The Kier molecular flexibility index (Phi) is 16.6. The number of anilines is 2. The van der Waals surface area contributed by atoms with Crippen molar-refractivity contribution in [1.29, 1.82) is 10.5 Å². The highest BCUT2D eigenvalue weighted by atomic mass is 32.2. The Morgan fingerprint density at radius 2 is 0.930 bits per heavy atom. The Balaban J connectivity index is 0.000000304. The summed E-state index contributed by atoms with van der Waals surface area (Å²) in [7, 11) is -12.3. The molecule has 0 aliphatic carbocycles. The van der Waals surface area contributed by atoms with Gasteiger partial charge in [-0.1, -0.05) is 31.7 Å². The van der Waals surface area contributed by atoms with Gasteiger partial charge in [0.1, 0.15) is 12.1 Å². The van der Waals surface area contributed by atoms with E-state index in [4.69, 9.17) is 13.1 Å². The lowest BCUT2D eigenvalue weighted by molar-refractivity contribution is -0.138. The second-order valence-electron chi connectivity index (χ2n) is 15.1. The second kappa shape index (κ2) is 20.9. The van der Waals surface area contributed by atoms with E-state index in [1.54, 1.807) is 0 Å². The van der Waals surface area contributed by atoms with Gasteiger partial charge >= 0.3 is 24.4 Å². The average Bonchev–Trinajstić information content (AvgIpc) is 3.27. The predicted octanol–water partition coefficient (Wildman–Crippen LogP) is 9.45. The summed E-state index contributed by atoms with van der Waals surface area (Å²) in [6.45, 7) is 18.1. The number of benzene rings is 4. The lowest BCUT2D eigenvalue weighted by Gasteiger charge is -2.40. The van der Waals surface area contributed by atoms with Crippen LogP contribution in [0.3, 0.4) is 0 Å². The molecule has 4 amide bonds. The van der Waals surface area contributed by atoms with Gasteiger partial charge < -0.3 is 0 Å². The van der Waals surface area contributed by atoms with Crippen LogP contribution in [0.4, 0.5) is 47.3 Å². The lowest BCUT2D eigenvalue weighted by Crippen LogP contribution is -2.51. The summed E-state index contributed by atoms with van der Waals surface area (Å²) < 4.78 is 157. The first-order valence-electron chi connectivity index (χ1n) is 19.4. The summed E-state index contributed by atoms with van der Waals surface area (Å²) >= 11 is 0. The van der Waals surface area contributed by atoms with Crippen molar-refractivity contribution in [1.82, 2.24) is 8.61 Å². The van der Waals surface area contributed by atoms with Crippen LogP contribution in [0.1, 0.15) is 66.7 Å². The van der Waals surface area contributed by atoms with Crippen molar-refractivity contribution >= 4 is 65.1 Å². The average molecular weight is 1060 g/mol. The van der Waals surface area contributed by atoms with Crippen molar-refractivity contribution in [3.05, 3.63) is 164 Å². The number of nitriles is 2. The molecule has 2 heterocycles. The number of carbonyl (C=O) groups is 2. The predicted molar refractivity (Wildman–Crippen MR) is 250 cm³/mol. The number of halogens is 6. The number of carbonyl (C=O) groups excluding carboxylic acids is 2. The zero-order valence-corrected chi connectivity index (χ0v) is 40.2. The fraction of sp³-hybridized carbons (Fsp3) is 0.244. The molecule has 0 N–H and O–H groups in total. The molecular formula is C45H38F6N8O8S4. The van der Waals surface area contributed by atoms with E-state index in [9.17, 15) is 71.7 Å². The van der Waals surface area contributed by atoms with Crippen LogP contribution >= 0.6 is 0 Å². The van der Waals surface area contributed by atoms with Crippen molar-refractivity contribution in [2.24, 2.45) is 0 Å². The molecule has 0 saturated heterocycles. The Bertz CT molecular complexity index is 3170. The maximum absolute atomic E-state index is 13.5. The summed E-state index contributed by atoms with van der Waals surface area (Å²) in [4.78, 5) is 35.4. The first-order chi connectivity index (χ1) is 32.4.